The zero-order chi connectivity index (χ0) is 28.0. The van der Waals surface area contributed by atoms with Crippen molar-refractivity contribution in [2.24, 2.45) is 0 Å². The first-order valence-corrected chi connectivity index (χ1v) is 13.8. The molecule has 5 nitrogen and oxygen atoms in total. The minimum absolute atomic E-state index is 0.0319. The fourth-order valence-electron chi connectivity index (χ4n) is 6.21. The van der Waals surface area contributed by atoms with Crippen molar-refractivity contribution in [3.63, 3.8) is 0 Å². The molecule has 0 saturated carbocycles. The van der Waals surface area contributed by atoms with Crippen LogP contribution >= 0.6 is 0 Å². The molecule has 1 unspecified atom stereocenters. The Bertz CT molecular complexity index is 1790. The third-order valence-electron chi connectivity index (χ3n) is 8.15. The van der Waals surface area contributed by atoms with E-state index in [9.17, 15) is 5.11 Å². The molecule has 1 aliphatic heterocycles. The van der Waals surface area contributed by atoms with E-state index in [-0.39, 0.29) is 13.2 Å². The topological polar surface area (TPSA) is 57.2 Å². The fraction of sp³-hybridized carbons (Fsp3) is 0.167. The van der Waals surface area contributed by atoms with Crippen molar-refractivity contribution in [2.75, 3.05) is 27.4 Å². The molecule has 1 N–H and O–H groups in total. The summed E-state index contributed by atoms with van der Waals surface area (Å²) >= 11 is 0. The van der Waals surface area contributed by atoms with E-state index in [1.165, 1.54) is 22.3 Å². The largest absolute Gasteiger partial charge is 0.497 e. The highest BCUT2D eigenvalue weighted by Crippen LogP contribution is 2.53. The first-order chi connectivity index (χ1) is 20.1. The van der Waals surface area contributed by atoms with Gasteiger partial charge in [0, 0.05) is 22.1 Å². The van der Waals surface area contributed by atoms with E-state index >= 15 is 0 Å². The van der Waals surface area contributed by atoms with Crippen molar-refractivity contribution in [3.05, 3.63) is 125 Å². The summed E-state index contributed by atoms with van der Waals surface area (Å²) < 4.78 is 24.1. The Morgan fingerprint density at radius 3 is 2.24 bits per heavy atom. The Hall–Kier alpha value is -4.74. The summed E-state index contributed by atoms with van der Waals surface area (Å²) in [5, 5.41) is 11.3. The molecular weight excluding hydrogens is 512 g/mol. The number of aliphatic hydroxyl groups excluding tert-OH is 1. The molecule has 5 heteroatoms. The first kappa shape index (κ1) is 25.2. The maximum atomic E-state index is 9.17. The lowest BCUT2D eigenvalue weighted by Crippen LogP contribution is -2.34. The van der Waals surface area contributed by atoms with Gasteiger partial charge in [-0.15, -0.1) is 0 Å². The molecule has 2 aliphatic rings. The minimum Gasteiger partial charge on any atom is -0.497 e. The second kappa shape index (κ2) is 10.0. The number of methoxy groups -OCH3 is 2. The van der Waals surface area contributed by atoms with Crippen LogP contribution in [0.4, 0.5) is 0 Å². The van der Waals surface area contributed by atoms with Crippen LogP contribution in [0.2, 0.25) is 0 Å². The monoisotopic (exact) mass is 542 g/mol. The van der Waals surface area contributed by atoms with Crippen molar-refractivity contribution in [1.82, 2.24) is 0 Å². The van der Waals surface area contributed by atoms with Gasteiger partial charge >= 0.3 is 0 Å². The zero-order valence-electron chi connectivity index (χ0n) is 23.0. The summed E-state index contributed by atoms with van der Waals surface area (Å²) in [5.74, 6) is 3.18. The molecule has 0 fully saturated rings. The Balaban J connectivity index is 1.45. The van der Waals surface area contributed by atoms with Crippen LogP contribution in [0.1, 0.15) is 27.8 Å². The van der Waals surface area contributed by atoms with Crippen molar-refractivity contribution in [1.29, 1.82) is 0 Å². The van der Waals surface area contributed by atoms with Crippen LogP contribution in [0.3, 0.4) is 0 Å². The molecule has 7 rings (SSSR count). The van der Waals surface area contributed by atoms with E-state index < -0.39 is 5.60 Å². The Labute approximate surface area is 239 Å². The summed E-state index contributed by atoms with van der Waals surface area (Å²) in [6.07, 6.45) is 5.20. The quantitative estimate of drug-likeness (QED) is 0.232. The first-order valence-electron chi connectivity index (χ1n) is 13.8. The standard InChI is InChI=1S/C36H30O5/c1-38-27-12-14-29-23(20-27)21-32-31-16-17-36(24-6-4-3-5-7-24,25-8-10-26(11-9-25)40-19-18-37)41-35(31)33-22-28(39-2)13-15-30(33)34(29)32/h3-17,20,22,37H,18-19,21H2,1-2H3. The van der Waals surface area contributed by atoms with E-state index in [0.29, 0.717) is 5.75 Å². The van der Waals surface area contributed by atoms with Gasteiger partial charge in [0.05, 0.1) is 20.8 Å². The number of hydrogen-bond acceptors (Lipinski definition) is 5. The van der Waals surface area contributed by atoms with Gasteiger partial charge in [0.15, 0.2) is 5.60 Å². The van der Waals surface area contributed by atoms with Crippen LogP contribution < -0.4 is 18.9 Å². The van der Waals surface area contributed by atoms with Crippen LogP contribution in [0, 0.1) is 0 Å². The molecule has 204 valence electrons. The van der Waals surface area contributed by atoms with Gasteiger partial charge in [0.1, 0.15) is 29.6 Å². The number of ether oxygens (including phenoxy) is 4. The minimum atomic E-state index is -0.858. The maximum absolute atomic E-state index is 9.17. The lowest BCUT2D eigenvalue weighted by atomic mass is 9.82. The third kappa shape index (κ3) is 4.04. The molecule has 0 radical (unpaired) electrons. The smallest absolute Gasteiger partial charge is 0.178 e. The number of benzene rings is 5. The summed E-state index contributed by atoms with van der Waals surface area (Å²) in [6.45, 7) is 0.218. The van der Waals surface area contributed by atoms with E-state index in [2.05, 4.69) is 48.6 Å². The molecule has 5 aromatic rings. The van der Waals surface area contributed by atoms with Gasteiger partial charge < -0.3 is 24.1 Å². The van der Waals surface area contributed by atoms with Crippen LogP contribution in [0.15, 0.2) is 97.1 Å². The molecule has 5 aromatic carbocycles. The van der Waals surface area contributed by atoms with Gasteiger partial charge in [-0.3, -0.25) is 0 Å². The van der Waals surface area contributed by atoms with Crippen LogP contribution in [-0.2, 0) is 12.0 Å². The Morgan fingerprint density at radius 2 is 1.49 bits per heavy atom. The van der Waals surface area contributed by atoms with Crippen LogP contribution in [0.5, 0.6) is 23.0 Å². The van der Waals surface area contributed by atoms with Gasteiger partial charge in [-0.1, -0.05) is 54.6 Å². The highest BCUT2D eigenvalue weighted by atomic mass is 16.5. The molecule has 41 heavy (non-hydrogen) atoms. The number of rotatable bonds is 7. The lowest BCUT2D eigenvalue weighted by molar-refractivity contribution is 0.163. The average Bonchev–Trinajstić information content (AvgIpc) is 3.43. The number of hydrogen-bond donors (Lipinski definition) is 1. The molecule has 1 aliphatic carbocycles. The molecule has 1 atom stereocenters. The molecule has 1 heterocycles. The third-order valence-corrected chi connectivity index (χ3v) is 8.15. The highest BCUT2D eigenvalue weighted by Gasteiger charge is 2.40. The summed E-state index contributed by atoms with van der Waals surface area (Å²) in [6, 6.07) is 30.8. The molecule has 0 spiro atoms. The summed E-state index contributed by atoms with van der Waals surface area (Å²) in [4.78, 5) is 0. The van der Waals surface area contributed by atoms with Gasteiger partial charge in [-0.25, -0.2) is 0 Å². The summed E-state index contributed by atoms with van der Waals surface area (Å²) in [5.41, 5.74) is 7.20. The predicted octanol–water partition coefficient (Wildman–Crippen LogP) is 7.15. The van der Waals surface area contributed by atoms with E-state index in [1.54, 1.807) is 14.2 Å². The highest BCUT2D eigenvalue weighted by molar-refractivity contribution is 6.07. The lowest BCUT2D eigenvalue weighted by Gasteiger charge is -2.37. The van der Waals surface area contributed by atoms with Crippen molar-refractivity contribution < 1.29 is 24.1 Å². The second-order valence-electron chi connectivity index (χ2n) is 10.3. The van der Waals surface area contributed by atoms with E-state index in [4.69, 9.17) is 18.9 Å². The molecule has 0 aromatic heterocycles. The van der Waals surface area contributed by atoms with E-state index in [0.717, 1.165) is 51.1 Å². The maximum Gasteiger partial charge on any atom is 0.178 e. The molecule has 0 bridgehead atoms. The van der Waals surface area contributed by atoms with Crippen LogP contribution in [0.25, 0.3) is 28.0 Å². The molecule has 0 saturated heterocycles. The Morgan fingerprint density at radius 1 is 0.780 bits per heavy atom. The van der Waals surface area contributed by atoms with Crippen molar-refractivity contribution in [2.45, 2.75) is 12.0 Å². The second-order valence-corrected chi connectivity index (χ2v) is 10.3. The van der Waals surface area contributed by atoms with Gasteiger partial charge in [-0.05, 0) is 82.6 Å². The van der Waals surface area contributed by atoms with Crippen molar-refractivity contribution >= 4 is 16.8 Å². The SMILES string of the molecule is COc1ccc2c(c1)Cc1c3c(c4cc(OC)ccc4c1-2)OC(c1ccccc1)(c1ccc(OCCO)cc1)C=C3. The van der Waals surface area contributed by atoms with Crippen molar-refractivity contribution in [3.8, 4) is 34.1 Å². The number of aliphatic hydroxyl groups is 1. The fourth-order valence-corrected chi connectivity index (χ4v) is 6.21. The Kier molecular flexibility index (Phi) is 6.17. The number of fused-ring (bicyclic) bond motifs is 8. The van der Waals surface area contributed by atoms with Crippen LogP contribution in [-0.4, -0.2) is 32.5 Å². The zero-order valence-corrected chi connectivity index (χ0v) is 23.0. The van der Waals surface area contributed by atoms with Gasteiger partial charge in [0.25, 0.3) is 0 Å². The van der Waals surface area contributed by atoms with Gasteiger partial charge in [-0.2, -0.15) is 0 Å². The van der Waals surface area contributed by atoms with E-state index in [1.807, 2.05) is 54.6 Å². The van der Waals surface area contributed by atoms with Gasteiger partial charge in [0.2, 0.25) is 0 Å². The average molecular weight is 543 g/mol. The normalized spacial score (nSPS) is 16.5. The molecular formula is C36H30O5. The summed E-state index contributed by atoms with van der Waals surface area (Å²) in [7, 11) is 3.40. The molecule has 0 amide bonds. The predicted molar refractivity (Wildman–Crippen MR) is 161 cm³/mol.